The molecule has 202 valence electrons. The van der Waals surface area contributed by atoms with Gasteiger partial charge in [0, 0.05) is 0 Å². The van der Waals surface area contributed by atoms with Crippen molar-refractivity contribution in [2.24, 2.45) is 0 Å². The van der Waals surface area contributed by atoms with Crippen LogP contribution in [0.3, 0.4) is 0 Å². The second kappa shape index (κ2) is 13.5. The molecule has 0 nitrogen and oxygen atoms in total. The third kappa shape index (κ3) is 8.08. The Morgan fingerprint density at radius 2 is 1.60 bits per heavy atom. The Labute approximate surface area is 261 Å². The molecule has 0 saturated carbocycles. The van der Waals surface area contributed by atoms with Crippen LogP contribution in [0.25, 0.3) is 16.7 Å². The molecular formula is C38H40SZr. The number of fused-ring (bicyclic) bond motifs is 3. The topological polar surface area (TPSA) is 0 Å². The predicted octanol–water partition coefficient (Wildman–Crippen LogP) is 10.1. The average Bonchev–Trinajstić information content (AvgIpc) is 3.69. The van der Waals surface area contributed by atoms with E-state index in [1.54, 1.807) is 11.3 Å². The maximum atomic E-state index is 3.67. The molecule has 4 aromatic rings. The quantitative estimate of drug-likeness (QED) is 0.176. The number of allylic oxidation sites excluding steroid dienone is 4. The van der Waals surface area contributed by atoms with E-state index in [1.165, 1.54) is 73.6 Å². The van der Waals surface area contributed by atoms with E-state index >= 15 is 0 Å². The molecule has 0 N–H and O–H groups in total. The Bertz CT molecular complexity index is 1410. The minimum atomic E-state index is 0.167. The summed E-state index contributed by atoms with van der Waals surface area (Å²) in [6, 6.07) is 29.9. The van der Waals surface area contributed by atoms with E-state index in [4.69, 9.17) is 0 Å². The first-order valence-electron chi connectivity index (χ1n) is 14.1. The molecule has 0 unspecified atom stereocenters. The van der Waals surface area contributed by atoms with Gasteiger partial charge in [-0.25, -0.2) is 6.08 Å². The standard InChI is InChI=1S/C21H25.C9H7S.C8H8.Zr/c1-20(2,3)16-7-9-18-14(12-16)11-15-13-17(21(4,5)6)8-10-19(15)18;1-2-5-8(4-1)9-6-3-7-10-9;1-2-8-6-4-3-5-7-8;/h7-10,12H,11H2,1-6H3;3-7H,1H2;1,3-7H,2H2;/q2*-1;;+2. The number of rotatable bonds is 3. The first-order chi connectivity index (χ1) is 19.1. The molecule has 3 aromatic carbocycles. The second-order valence-corrected chi connectivity index (χ2v) is 14.3. The molecule has 1 aromatic heterocycles. The fourth-order valence-corrected chi connectivity index (χ4v) is 6.09. The van der Waals surface area contributed by atoms with Crippen molar-refractivity contribution in [2.75, 3.05) is 0 Å². The minimum absolute atomic E-state index is 0.167. The van der Waals surface area contributed by atoms with E-state index in [-0.39, 0.29) is 10.8 Å². The van der Waals surface area contributed by atoms with Gasteiger partial charge < -0.3 is 0 Å². The van der Waals surface area contributed by atoms with Crippen molar-refractivity contribution in [1.82, 2.24) is 0 Å². The van der Waals surface area contributed by atoms with E-state index in [0.29, 0.717) is 0 Å². The molecule has 0 amide bonds. The fraction of sp³-hybridized carbons (Fsp3) is 0.289. The van der Waals surface area contributed by atoms with Crippen molar-refractivity contribution in [3.8, 4) is 11.1 Å². The van der Waals surface area contributed by atoms with Crippen LogP contribution in [0.15, 0.2) is 90.3 Å². The molecule has 2 heteroatoms. The van der Waals surface area contributed by atoms with Gasteiger partial charge in [0.05, 0.1) is 0 Å². The summed E-state index contributed by atoms with van der Waals surface area (Å²) in [4.78, 5) is 1.35. The van der Waals surface area contributed by atoms with Gasteiger partial charge in [0.1, 0.15) is 0 Å². The third-order valence-corrected chi connectivity index (χ3v) is 8.57. The number of benzene rings is 3. The van der Waals surface area contributed by atoms with Crippen LogP contribution < -0.4 is 0 Å². The summed E-state index contributed by atoms with van der Waals surface area (Å²) in [5.74, 6) is 0. The molecule has 2 aliphatic rings. The van der Waals surface area contributed by atoms with Gasteiger partial charge in [-0.05, 0) is 38.6 Å². The molecule has 0 bridgehead atoms. The van der Waals surface area contributed by atoms with Crippen LogP contribution in [0, 0.1) is 12.1 Å². The molecule has 0 saturated heterocycles. The van der Waals surface area contributed by atoms with Crippen molar-refractivity contribution in [3.63, 3.8) is 0 Å². The van der Waals surface area contributed by atoms with Gasteiger partial charge in [-0.2, -0.15) is 46.7 Å². The Hall–Kier alpha value is -2.41. The molecule has 0 radical (unpaired) electrons. The van der Waals surface area contributed by atoms with Crippen molar-refractivity contribution in [1.29, 1.82) is 0 Å². The molecule has 2 aliphatic carbocycles. The van der Waals surface area contributed by atoms with E-state index in [9.17, 15) is 0 Å². The molecule has 0 fully saturated rings. The summed E-state index contributed by atoms with van der Waals surface area (Å²) in [6.07, 6.45) is 10.5. The zero-order chi connectivity index (χ0) is 28.8. The van der Waals surface area contributed by atoms with E-state index in [0.717, 1.165) is 19.3 Å². The van der Waals surface area contributed by atoms with Crippen LogP contribution in [0.5, 0.6) is 0 Å². The van der Waals surface area contributed by atoms with Crippen LogP contribution in [-0.2, 0) is 47.9 Å². The molecule has 40 heavy (non-hydrogen) atoms. The Balaban J connectivity index is 0.000000161. The molecule has 0 atom stereocenters. The molecule has 6 rings (SSSR count). The molecule has 0 spiro atoms. The van der Waals surface area contributed by atoms with Gasteiger partial charge in [0.25, 0.3) is 0 Å². The Kier molecular flexibility index (Phi) is 10.3. The summed E-state index contributed by atoms with van der Waals surface area (Å²) in [6.45, 7) is 13.6. The Morgan fingerprint density at radius 3 is 2.20 bits per heavy atom. The predicted molar refractivity (Wildman–Crippen MR) is 172 cm³/mol. The van der Waals surface area contributed by atoms with Crippen LogP contribution in [0.1, 0.15) is 80.7 Å². The SMILES string of the molecule is CC(C)(C)c1[c-]c2c(cc1)-c1ccc(C(C)(C)C)cc1C2.[C-]1=CC(c2cccs2)=CC1.[Zr+2]=[CH]Cc1ccccc1. The number of hydrogen-bond donors (Lipinski definition) is 0. The monoisotopic (exact) mass is 618 g/mol. The molecular weight excluding hydrogens is 580 g/mol. The summed E-state index contributed by atoms with van der Waals surface area (Å²) < 4.78 is 2.25. The van der Waals surface area contributed by atoms with E-state index in [1.807, 2.05) is 6.07 Å². The second-order valence-electron chi connectivity index (χ2n) is 12.4. The van der Waals surface area contributed by atoms with Gasteiger partial charge in [-0.3, -0.25) is 6.08 Å². The van der Waals surface area contributed by atoms with Gasteiger partial charge in [-0.1, -0.05) is 77.4 Å². The Morgan fingerprint density at radius 1 is 0.850 bits per heavy atom. The van der Waals surface area contributed by atoms with Crippen LogP contribution in [0.4, 0.5) is 0 Å². The summed E-state index contributed by atoms with van der Waals surface area (Å²) >= 11 is 3.29. The maximum absolute atomic E-state index is 3.67. The normalized spacial score (nSPS) is 13.3. The van der Waals surface area contributed by atoms with Gasteiger partial charge in [-0.15, -0.1) is 17.5 Å². The van der Waals surface area contributed by atoms with Crippen LogP contribution >= 0.6 is 11.3 Å². The zero-order valence-electron chi connectivity index (χ0n) is 24.8. The van der Waals surface area contributed by atoms with Gasteiger partial charge in [0.2, 0.25) is 0 Å². The van der Waals surface area contributed by atoms with Gasteiger partial charge in [0.15, 0.2) is 0 Å². The first kappa shape index (κ1) is 30.5. The third-order valence-electron chi connectivity index (χ3n) is 7.15. The molecule has 1 heterocycles. The first-order valence-corrected chi connectivity index (χ1v) is 16.4. The summed E-state index contributed by atoms with van der Waals surface area (Å²) in [5.41, 5.74) is 11.4. The zero-order valence-corrected chi connectivity index (χ0v) is 28.0. The number of hydrogen-bond acceptors (Lipinski definition) is 1. The summed E-state index contributed by atoms with van der Waals surface area (Å²) in [5, 5.41) is 2.10. The number of thiophene rings is 1. The molecule has 0 aliphatic heterocycles. The summed E-state index contributed by atoms with van der Waals surface area (Å²) in [7, 11) is 0. The van der Waals surface area contributed by atoms with E-state index in [2.05, 4.69) is 142 Å². The van der Waals surface area contributed by atoms with Crippen molar-refractivity contribution >= 4 is 20.6 Å². The van der Waals surface area contributed by atoms with E-state index < -0.39 is 0 Å². The van der Waals surface area contributed by atoms with Gasteiger partial charge >= 0.3 is 70.3 Å². The van der Waals surface area contributed by atoms with Crippen molar-refractivity contribution in [2.45, 2.75) is 71.6 Å². The van der Waals surface area contributed by atoms with Crippen molar-refractivity contribution in [3.05, 3.63) is 135 Å². The van der Waals surface area contributed by atoms with Crippen LogP contribution in [0.2, 0.25) is 0 Å². The van der Waals surface area contributed by atoms with Crippen molar-refractivity contribution < 1.29 is 24.2 Å². The average molecular weight is 620 g/mol. The van der Waals surface area contributed by atoms with Crippen LogP contribution in [-0.4, -0.2) is 3.71 Å². The fourth-order valence-electron chi connectivity index (χ4n) is 4.77.